The zero-order chi connectivity index (χ0) is 12.1. The number of carbonyl (C=O) groups excluding carboxylic acids is 1. The Hall–Kier alpha value is -0.610. The smallest absolute Gasteiger partial charge is 0.234 e. The number of carbonyl (C=O) groups is 1. The van der Waals surface area contributed by atoms with E-state index in [4.69, 9.17) is 0 Å². The van der Waals surface area contributed by atoms with Gasteiger partial charge >= 0.3 is 0 Å². The minimum absolute atomic E-state index is 0.0118. The Balaban J connectivity index is 3.74. The third-order valence-electron chi connectivity index (χ3n) is 1.83. The summed E-state index contributed by atoms with van der Waals surface area (Å²) < 4.78 is 0. The molecule has 4 heteroatoms. The Morgan fingerprint density at radius 2 is 1.87 bits per heavy atom. The van der Waals surface area contributed by atoms with Crippen molar-refractivity contribution in [1.82, 2.24) is 15.5 Å². The van der Waals surface area contributed by atoms with Crippen LogP contribution in [0.5, 0.6) is 0 Å². The summed E-state index contributed by atoms with van der Waals surface area (Å²) in [5, 5.41) is 6.10. The van der Waals surface area contributed by atoms with Gasteiger partial charge in [-0.2, -0.15) is 0 Å². The molecule has 15 heavy (non-hydrogen) atoms. The first-order chi connectivity index (χ1) is 6.70. The summed E-state index contributed by atoms with van der Waals surface area (Å²) in [6.45, 7) is 9.38. The van der Waals surface area contributed by atoms with E-state index in [1.165, 1.54) is 0 Å². The fourth-order valence-corrected chi connectivity index (χ4v) is 1.26. The SMILES string of the molecule is CC(CN(C)C)NC(=O)CNC(C)(C)C. The molecule has 0 radical (unpaired) electrons. The molecule has 0 heterocycles. The highest BCUT2D eigenvalue weighted by molar-refractivity contribution is 5.78. The van der Waals surface area contributed by atoms with Crippen LogP contribution in [0.3, 0.4) is 0 Å². The molecule has 0 saturated heterocycles. The molecule has 4 nitrogen and oxygen atoms in total. The van der Waals surface area contributed by atoms with Gasteiger partial charge in [0, 0.05) is 18.1 Å². The summed E-state index contributed by atoms with van der Waals surface area (Å²) in [7, 11) is 3.99. The van der Waals surface area contributed by atoms with Crippen LogP contribution in [0.4, 0.5) is 0 Å². The molecule has 1 unspecified atom stereocenters. The second kappa shape index (κ2) is 6.08. The molecule has 90 valence electrons. The molecule has 1 amide bonds. The van der Waals surface area contributed by atoms with Gasteiger partial charge in [0.2, 0.25) is 5.91 Å². The monoisotopic (exact) mass is 215 g/mol. The third-order valence-corrected chi connectivity index (χ3v) is 1.83. The molecule has 0 aliphatic rings. The number of nitrogens with zero attached hydrogens (tertiary/aromatic N) is 1. The fourth-order valence-electron chi connectivity index (χ4n) is 1.26. The molecule has 0 fully saturated rings. The maximum absolute atomic E-state index is 11.5. The average Bonchev–Trinajstić information content (AvgIpc) is 1.97. The molecular formula is C11H25N3O. The number of amides is 1. The normalized spacial score (nSPS) is 14.1. The maximum Gasteiger partial charge on any atom is 0.234 e. The van der Waals surface area contributed by atoms with Gasteiger partial charge in [-0.15, -0.1) is 0 Å². The largest absolute Gasteiger partial charge is 0.351 e. The second-order valence-corrected chi connectivity index (χ2v) is 5.33. The van der Waals surface area contributed by atoms with Crippen LogP contribution in [-0.4, -0.2) is 49.6 Å². The first-order valence-corrected chi connectivity index (χ1v) is 5.40. The summed E-state index contributed by atoms with van der Waals surface area (Å²) in [5.41, 5.74) is -0.0118. The highest BCUT2D eigenvalue weighted by Crippen LogP contribution is 1.96. The lowest BCUT2D eigenvalue weighted by molar-refractivity contribution is -0.121. The number of likely N-dealkylation sites (N-methyl/N-ethyl adjacent to an activating group) is 1. The Bertz CT molecular complexity index is 196. The molecule has 2 N–H and O–H groups in total. The van der Waals surface area contributed by atoms with Gasteiger partial charge in [-0.1, -0.05) is 0 Å². The molecule has 0 aliphatic carbocycles. The van der Waals surface area contributed by atoms with Crippen LogP contribution in [0.15, 0.2) is 0 Å². The van der Waals surface area contributed by atoms with Crippen molar-refractivity contribution in [2.24, 2.45) is 0 Å². The molecular weight excluding hydrogens is 190 g/mol. The average molecular weight is 215 g/mol. The molecule has 0 aromatic carbocycles. The highest BCUT2D eigenvalue weighted by atomic mass is 16.2. The van der Waals surface area contributed by atoms with Crippen molar-refractivity contribution in [2.75, 3.05) is 27.2 Å². The zero-order valence-electron chi connectivity index (χ0n) is 10.8. The summed E-state index contributed by atoms with van der Waals surface area (Å²) >= 11 is 0. The van der Waals surface area contributed by atoms with Crippen LogP contribution in [-0.2, 0) is 4.79 Å². The van der Waals surface area contributed by atoms with Gasteiger partial charge < -0.3 is 15.5 Å². The van der Waals surface area contributed by atoms with Crippen molar-refractivity contribution in [2.45, 2.75) is 39.3 Å². The summed E-state index contributed by atoms with van der Waals surface area (Å²) in [4.78, 5) is 13.5. The standard InChI is InChI=1S/C11H25N3O/c1-9(8-14(5)6)13-10(15)7-12-11(2,3)4/h9,12H,7-8H2,1-6H3,(H,13,15). The number of nitrogens with one attached hydrogen (secondary N) is 2. The van der Waals surface area contributed by atoms with Crippen molar-refractivity contribution in [1.29, 1.82) is 0 Å². The first kappa shape index (κ1) is 14.4. The Morgan fingerprint density at radius 1 is 1.33 bits per heavy atom. The van der Waals surface area contributed by atoms with E-state index in [2.05, 4.69) is 15.5 Å². The maximum atomic E-state index is 11.5. The van der Waals surface area contributed by atoms with Crippen LogP contribution in [0.2, 0.25) is 0 Å². The molecule has 0 rings (SSSR count). The Morgan fingerprint density at radius 3 is 2.27 bits per heavy atom. The van der Waals surface area contributed by atoms with Gasteiger partial charge in [0.05, 0.1) is 6.54 Å². The minimum atomic E-state index is -0.0118. The van der Waals surface area contributed by atoms with E-state index >= 15 is 0 Å². The van der Waals surface area contributed by atoms with Crippen LogP contribution >= 0.6 is 0 Å². The summed E-state index contributed by atoms with van der Waals surface area (Å²) in [6.07, 6.45) is 0. The van der Waals surface area contributed by atoms with E-state index in [1.54, 1.807) is 0 Å². The molecule has 0 spiro atoms. The van der Waals surface area contributed by atoms with Crippen LogP contribution in [0, 0.1) is 0 Å². The number of rotatable bonds is 5. The lowest BCUT2D eigenvalue weighted by Gasteiger charge is -2.22. The van der Waals surface area contributed by atoms with Crippen LogP contribution in [0.1, 0.15) is 27.7 Å². The predicted molar refractivity (Wildman–Crippen MR) is 63.9 cm³/mol. The van der Waals surface area contributed by atoms with E-state index in [9.17, 15) is 4.79 Å². The minimum Gasteiger partial charge on any atom is -0.351 e. The Kier molecular flexibility index (Phi) is 5.83. The number of hydrogen-bond acceptors (Lipinski definition) is 3. The van der Waals surface area contributed by atoms with Gasteiger partial charge in [0.15, 0.2) is 0 Å². The van der Waals surface area contributed by atoms with Gasteiger partial charge in [0.25, 0.3) is 0 Å². The molecule has 0 aromatic heterocycles. The Labute approximate surface area is 93.4 Å². The molecule has 0 aliphatic heterocycles. The zero-order valence-corrected chi connectivity index (χ0v) is 10.8. The van der Waals surface area contributed by atoms with E-state index in [0.717, 1.165) is 6.54 Å². The van der Waals surface area contributed by atoms with Crippen LogP contribution in [0.25, 0.3) is 0 Å². The van der Waals surface area contributed by atoms with Gasteiger partial charge in [-0.3, -0.25) is 4.79 Å². The quantitative estimate of drug-likeness (QED) is 0.699. The first-order valence-electron chi connectivity index (χ1n) is 5.40. The van der Waals surface area contributed by atoms with Crippen molar-refractivity contribution >= 4 is 5.91 Å². The lowest BCUT2D eigenvalue weighted by Crippen LogP contribution is -2.47. The predicted octanol–water partition coefficient (Wildman–Crippen LogP) is 0.441. The summed E-state index contributed by atoms with van der Waals surface area (Å²) in [5.74, 6) is 0.0549. The second-order valence-electron chi connectivity index (χ2n) is 5.33. The van der Waals surface area contributed by atoms with Crippen molar-refractivity contribution < 1.29 is 4.79 Å². The van der Waals surface area contributed by atoms with Gasteiger partial charge in [0.1, 0.15) is 0 Å². The number of hydrogen-bond donors (Lipinski definition) is 2. The lowest BCUT2D eigenvalue weighted by atomic mass is 10.1. The molecule has 0 saturated carbocycles. The van der Waals surface area contributed by atoms with E-state index < -0.39 is 0 Å². The van der Waals surface area contributed by atoms with E-state index in [-0.39, 0.29) is 17.5 Å². The molecule has 1 atom stereocenters. The fraction of sp³-hybridized carbons (Fsp3) is 0.909. The van der Waals surface area contributed by atoms with Crippen molar-refractivity contribution in [3.8, 4) is 0 Å². The third kappa shape index (κ3) is 9.69. The molecule has 0 aromatic rings. The highest BCUT2D eigenvalue weighted by Gasteiger charge is 2.12. The summed E-state index contributed by atoms with van der Waals surface area (Å²) in [6, 6.07) is 0.189. The topological polar surface area (TPSA) is 44.4 Å². The van der Waals surface area contributed by atoms with E-state index in [0.29, 0.717) is 6.54 Å². The van der Waals surface area contributed by atoms with Gasteiger partial charge in [-0.25, -0.2) is 0 Å². The molecule has 0 bridgehead atoms. The van der Waals surface area contributed by atoms with Crippen molar-refractivity contribution in [3.05, 3.63) is 0 Å². The van der Waals surface area contributed by atoms with Crippen molar-refractivity contribution in [3.63, 3.8) is 0 Å². The van der Waals surface area contributed by atoms with Gasteiger partial charge in [-0.05, 0) is 41.8 Å². The van der Waals surface area contributed by atoms with E-state index in [1.807, 2.05) is 41.8 Å². The van der Waals surface area contributed by atoms with Crippen LogP contribution < -0.4 is 10.6 Å².